The summed E-state index contributed by atoms with van der Waals surface area (Å²) in [4.78, 5) is 29.4. The van der Waals surface area contributed by atoms with Crippen molar-refractivity contribution in [1.29, 1.82) is 0 Å². The maximum atomic E-state index is 13.0. The van der Waals surface area contributed by atoms with Crippen LogP contribution in [0.1, 0.15) is 51.2 Å². The van der Waals surface area contributed by atoms with E-state index in [0.717, 1.165) is 60.4 Å². The van der Waals surface area contributed by atoms with Crippen LogP contribution in [0.5, 0.6) is 0 Å². The van der Waals surface area contributed by atoms with Crippen LogP contribution in [0.2, 0.25) is 0 Å². The van der Waals surface area contributed by atoms with Gasteiger partial charge >= 0.3 is 0 Å². The van der Waals surface area contributed by atoms with E-state index in [4.69, 9.17) is 0 Å². The summed E-state index contributed by atoms with van der Waals surface area (Å²) in [7, 11) is 0. The lowest BCUT2D eigenvalue weighted by Gasteiger charge is -2.34. The Balaban J connectivity index is 1.40. The van der Waals surface area contributed by atoms with E-state index in [0.29, 0.717) is 18.5 Å². The molecule has 3 aromatic rings. The number of nitrogens with zero attached hydrogens (tertiary/aromatic N) is 4. The van der Waals surface area contributed by atoms with Gasteiger partial charge in [0.25, 0.3) is 5.56 Å². The second-order valence-corrected chi connectivity index (χ2v) is 10.5. The first kappa shape index (κ1) is 23.0. The number of hydrogen-bond acceptors (Lipinski definition) is 5. The molecule has 8 heteroatoms. The van der Waals surface area contributed by atoms with Crippen LogP contribution in [0, 0.1) is 11.8 Å². The molecule has 32 heavy (non-hydrogen) atoms. The highest BCUT2D eigenvalue weighted by Crippen LogP contribution is 2.29. The summed E-state index contributed by atoms with van der Waals surface area (Å²) >= 11 is 1.72. The average molecular weight is 458 g/mol. The number of hydrogen-bond donors (Lipinski definition) is 1. The minimum absolute atomic E-state index is 0.0425. The van der Waals surface area contributed by atoms with Crippen molar-refractivity contribution in [3.63, 3.8) is 0 Å². The summed E-state index contributed by atoms with van der Waals surface area (Å²) in [5.74, 6) is 2.13. The first-order valence-corrected chi connectivity index (χ1v) is 12.7. The minimum atomic E-state index is -0.213. The largest absolute Gasteiger partial charge is 0.354 e. The number of carbonyl (C=O) groups excluding carboxylic acids is 1. The van der Waals surface area contributed by atoms with E-state index in [-0.39, 0.29) is 18.0 Å². The van der Waals surface area contributed by atoms with E-state index < -0.39 is 0 Å². The van der Waals surface area contributed by atoms with Gasteiger partial charge in [0, 0.05) is 30.9 Å². The summed E-state index contributed by atoms with van der Waals surface area (Å²) in [6.45, 7) is 12.7. The SMILES string of the molecule is CCc1cc2c(cc3c(=O)n(CC(=O)NCCCN4CC(C)CC(C)C4)nc(CC)n32)s1. The number of fused-ring (bicyclic) bond motifs is 3. The number of aromatic nitrogens is 3. The van der Waals surface area contributed by atoms with Crippen LogP contribution < -0.4 is 10.9 Å². The van der Waals surface area contributed by atoms with Gasteiger partial charge in [0.2, 0.25) is 5.91 Å². The zero-order valence-corrected chi connectivity index (χ0v) is 20.5. The number of rotatable bonds is 8. The first-order valence-electron chi connectivity index (χ1n) is 11.9. The van der Waals surface area contributed by atoms with Gasteiger partial charge < -0.3 is 10.2 Å². The van der Waals surface area contributed by atoms with E-state index in [2.05, 4.69) is 42.2 Å². The number of carbonyl (C=O) groups is 1. The standard InChI is InChI=1S/C24H35N5O2S/c1-5-18-11-19-21(32-18)12-20-24(31)28(26-22(6-2)29(19)20)15-23(30)25-8-7-9-27-13-16(3)10-17(4)14-27/h11-12,16-17H,5-10,13-15H2,1-4H3,(H,25,30). The van der Waals surface area contributed by atoms with Crippen LogP contribution in [0.25, 0.3) is 15.7 Å². The van der Waals surface area contributed by atoms with Crippen LogP contribution in [-0.4, -0.2) is 51.2 Å². The Hall–Kier alpha value is -2.19. The molecule has 3 aromatic heterocycles. The van der Waals surface area contributed by atoms with Crippen LogP contribution in [-0.2, 0) is 24.2 Å². The zero-order valence-electron chi connectivity index (χ0n) is 19.7. The Morgan fingerprint density at radius 3 is 2.59 bits per heavy atom. The van der Waals surface area contributed by atoms with Crippen molar-refractivity contribution in [3.8, 4) is 0 Å². The maximum absolute atomic E-state index is 13.0. The number of piperidine rings is 1. The molecule has 1 aliphatic heterocycles. The molecule has 0 radical (unpaired) electrons. The Morgan fingerprint density at radius 1 is 1.16 bits per heavy atom. The molecule has 1 fully saturated rings. The van der Waals surface area contributed by atoms with E-state index in [1.807, 2.05) is 17.4 Å². The lowest BCUT2D eigenvalue weighted by atomic mass is 9.92. The average Bonchev–Trinajstić information content (AvgIpc) is 3.31. The molecule has 0 saturated carbocycles. The molecule has 0 aliphatic carbocycles. The molecule has 1 aliphatic rings. The van der Waals surface area contributed by atoms with Gasteiger partial charge in [-0.2, -0.15) is 5.10 Å². The van der Waals surface area contributed by atoms with Gasteiger partial charge in [-0.3, -0.25) is 14.0 Å². The lowest BCUT2D eigenvalue weighted by molar-refractivity contribution is -0.121. The summed E-state index contributed by atoms with van der Waals surface area (Å²) in [6, 6.07) is 4.09. The molecule has 0 bridgehead atoms. The topological polar surface area (TPSA) is 71.6 Å². The number of amides is 1. The smallest absolute Gasteiger partial charge is 0.291 e. The molecular weight excluding hydrogens is 422 g/mol. The normalized spacial score (nSPS) is 19.8. The fraction of sp³-hybridized carbons (Fsp3) is 0.625. The molecule has 4 heterocycles. The number of thiophene rings is 1. The zero-order chi connectivity index (χ0) is 22.8. The van der Waals surface area contributed by atoms with Crippen molar-refractivity contribution in [2.24, 2.45) is 11.8 Å². The molecule has 2 unspecified atom stereocenters. The molecular formula is C24H35N5O2S. The third kappa shape index (κ3) is 4.76. The second kappa shape index (κ2) is 9.75. The quantitative estimate of drug-likeness (QED) is 0.527. The van der Waals surface area contributed by atoms with Crippen molar-refractivity contribution < 1.29 is 4.79 Å². The Labute approximate surface area is 193 Å². The number of aryl methyl sites for hydroxylation is 2. The molecule has 7 nitrogen and oxygen atoms in total. The minimum Gasteiger partial charge on any atom is -0.354 e. The fourth-order valence-corrected chi connectivity index (χ4v) is 6.07. The van der Waals surface area contributed by atoms with Crippen molar-refractivity contribution in [2.75, 3.05) is 26.2 Å². The van der Waals surface area contributed by atoms with E-state index >= 15 is 0 Å². The third-order valence-electron chi connectivity index (χ3n) is 6.36. The predicted molar refractivity (Wildman–Crippen MR) is 131 cm³/mol. The Kier molecular flexibility index (Phi) is 7.00. The molecule has 0 aromatic carbocycles. The van der Waals surface area contributed by atoms with Crippen LogP contribution in [0.15, 0.2) is 16.9 Å². The van der Waals surface area contributed by atoms with Crippen molar-refractivity contribution >= 4 is 33.0 Å². The molecule has 1 saturated heterocycles. The lowest BCUT2D eigenvalue weighted by Crippen LogP contribution is -2.40. The van der Waals surface area contributed by atoms with Gasteiger partial charge in [-0.25, -0.2) is 4.68 Å². The summed E-state index contributed by atoms with van der Waals surface area (Å²) in [6.07, 6.45) is 3.88. The second-order valence-electron chi connectivity index (χ2n) is 9.32. The predicted octanol–water partition coefficient (Wildman–Crippen LogP) is 3.32. The Morgan fingerprint density at radius 2 is 1.91 bits per heavy atom. The molecule has 1 N–H and O–H groups in total. The highest BCUT2D eigenvalue weighted by molar-refractivity contribution is 7.19. The first-order chi connectivity index (χ1) is 15.4. The highest BCUT2D eigenvalue weighted by atomic mass is 32.1. The monoisotopic (exact) mass is 457 g/mol. The van der Waals surface area contributed by atoms with Gasteiger partial charge in [0.15, 0.2) is 0 Å². The number of nitrogens with one attached hydrogen (secondary N) is 1. The van der Waals surface area contributed by atoms with E-state index in [1.54, 1.807) is 11.3 Å². The van der Waals surface area contributed by atoms with E-state index in [9.17, 15) is 9.59 Å². The molecule has 4 rings (SSSR count). The van der Waals surface area contributed by atoms with Gasteiger partial charge in [-0.15, -0.1) is 11.3 Å². The summed E-state index contributed by atoms with van der Waals surface area (Å²) in [5.41, 5.74) is 1.43. The molecule has 0 spiro atoms. The van der Waals surface area contributed by atoms with Crippen LogP contribution >= 0.6 is 11.3 Å². The third-order valence-corrected chi connectivity index (χ3v) is 7.58. The summed E-state index contributed by atoms with van der Waals surface area (Å²) < 4.78 is 4.38. The Bertz CT molecular complexity index is 1150. The molecule has 1 amide bonds. The maximum Gasteiger partial charge on any atom is 0.291 e. The fourth-order valence-electron chi connectivity index (χ4n) is 5.05. The molecule has 2 atom stereocenters. The van der Waals surface area contributed by atoms with Gasteiger partial charge in [-0.05, 0) is 49.8 Å². The van der Waals surface area contributed by atoms with Crippen molar-refractivity contribution in [2.45, 2.75) is 59.9 Å². The summed E-state index contributed by atoms with van der Waals surface area (Å²) in [5, 5.41) is 7.51. The van der Waals surface area contributed by atoms with Gasteiger partial charge in [-0.1, -0.05) is 27.7 Å². The van der Waals surface area contributed by atoms with Crippen LogP contribution in [0.4, 0.5) is 0 Å². The van der Waals surface area contributed by atoms with Crippen molar-refractivity contribution in [3.05, 3.63) is 33.2 Å². The van der Waals surface area contributed by atoms with Gasteiger partial charge in [0.05, 0.1) is 10.2 Å². The van der Waals surface area contributed by atoms with Crippen LogP contribution in [0.3, 0.4) is 0 Å². The van der Waals surface area contributed by atoms with E-state index in [1.165, 1.54) is 16.0 Å². The van der Waals surface area contributed by atoms with Crippen molar-refractivity contribution in [1.82, 2.24) is 24.4 Å². The van der Waals surface area contributed by atoms with Gasteiger partial charge in [0.1, 0.15) is 17.9 Å². The molecule has 174 valence electrons. The highest BCUT2D eigenvalue weighted by Gasteiger charge is 2.21. The number of likely N-dealkylation sites (tertiary alicyclic amines) is 1.